The molecule has 4 heterocycles. The number of fused-ring (bicyclic) bond motifs is 1. The third-order valence-electron chi connectivity index (χ3n) is 4.23. The molecule has 0 saturated heterocycles. The Morgan fingerprint density at radius 1 is 1.15 bits per heavy atom. The number of anilines is 3. The normalized spacial score (nSPS) is 13.4. The van der Waals surface area contributed by atoms with Crippen LogP contribution >= 0.6 is 0 Å². The maximum atomic E-state index is 4.67. The molecule has 26 heavy (non-hydrogen) atoms. The molecule has 9 nitrogen and oxygen atoms in total. The Bertz CT molecular complexity index is 875. The first-order valence-electron chi connectivity index (χ1n) is 8.50. The van der Waals surface area contributed by atoms with Crippen molar-refractivity contribution in [2.75, 3.05) is 35.8 Å². The van der Waals surface area contributed by atoms with Gasteiger partial charge in [0, 0.05) is 39.2 Å². The summed E-state index contributed by atoms with van der Waals surface area (Å²) < 4.78 is 2.06. The van der Waals surface area contributed by atoms with Crippen molar-refractivity contribution < 1.29 is 0 Å². The lowest BCUT2D eigenvalue weighted by molar-refractivity contribution is 0.511. The van der Waals surface area contributed by atoms with Gasteiger partial charge in [0.1, 0.15) is 11.6 Å². The van der Waals surface area contributed by atoms with Crippen molar-refractivity contribution in [1.29, 1.82) is 0 Å². The second-order valence-corrected chi connectivity index (χ2v) is 6.33. The SMILES string of the molecule is CN(C)c1ccnc(N2CCn3nc(CNc4cnccn4)cc3C2)n1. The summed E-state index contributed by atoms with van der Waals surface area (Å²) in [5, 5.41) is 7.91. The van der Waals surface area contributed by atoms with Gasteiger partial charge in [-0.05, 0) is 12.1 Å². The van der Waals surface area contributed by atoms with Gasteiger partial charge in [0.2, 0.25) is 5.95 Å². The largest absolute Gasteiger partial charge is 0.363 e. The minimum absolute atomic E-state index is 0.616. The van der Waals surface area contributed by atoms with E-state index in [1.807, 2.05) is 25.1 Å². The highest BCUT2D eigenvalue weighted by Gasteiger charge is 2.20. The minimum Gasteiger partial charge on any atom is -0.363 e. The van der Waals surface area contributed by atoms with E-state index in [0.29, 0.717) is 6.54 Å². The summed E-state index contributed by atoms with van der Waals surface area (Å²) in [6.45, 7) is 3.01. The van der Waals surface area contributed by atoms with Crippen molar-refractivity contribution in [3.8, 4) is 0 Å². The van der Waals surface area contributed by atoms with E-state index in [1.165, 1.54) is 0 Å². The first kappa shape index (κ1) is 16.2. The molecule has 0 fully saturated rings. The first-order valence-corrected chi connectivity index (χ1v) is 8.50. The molecule has 9 heteroatoms. The average molecular weight is 351 g/mol. The Labute approximate surface area is 151 Å². The third kappa shape index (κ3) is 3.41. The fraction of sp³-hybridized carbons (Fsp3) is 0.353. The lowest BCUT2D eigenvalue weighted by atomic mass is 10.3. The molecule has 0 spiro atoms. The van der Waals surface area contributed by atoms with Crippen LogP contribution in [0.25, 0.3) is 0 Å². The maximum absolute atomic E-state index is 4.67. The molecule has 1 N–H and O–H groups in total. The second-order valence-electron chi connectivity index (χ2n) is 6.33. The quantitative estimate of drug-likeness (QED) is 0.733. The molecule has 134 valence electrons. The van der Waals surface area contributed by atoms with Crippen LogP contribution in [-0.2, 0) is 19.6 Å². The molecule has 1 aliphatic rings. The molecule has 0 radical (unpaired) electrons. The molecule has 0 aromatic carbocycles. The smallest absolute Gasteiger partial charge is 0.227 e. The van der Waals surface area contributed by atoms with E-state index in [1.54, 1.807) is 24.8 Å². The monoisotopic (exact) mass is 351 g/mol. The third-order valence-corrected chi connectivity index (χ3v) is 4.23. The molecule has 0 aliphatic carbocycles. The van der Waals surface area contributed by atoms with E-state index in [-0.39, 0.29) is 0 Å². The molecule has 0 amide bonds. The van der Waals surface area contributed by atoms with Crippen molar-refractivity contribution in [1.82, 2.24) is 29.7 Å². The van der Waals surface area contributed by atoms with E-state index < -0.39 is 0 Å². The van der Waals surface area contributed by atoms with Crippen LogP contribution in [0.3, 0.4) is 0 Å². The number of rotatable bonds is 5. The van der Waals surface area contributed by atoms with Crippen LogP contribution < -0.4 is 15.1 Å². The zero-order valence-corrected chi connectivity index (χ0v) is 14.9. The molecule has 0 bridgehead atoms. The fourth-order valence-electron chi connectivity index (χ4n) is 2.90. The van der Waals surface area contributed by atoms with Crippen molar-refractivity contribution in [2.45, 2.75) is 19.6 Å². The van der Waals surface area contributed by atoms with Crippen molar-refractivity contribution in [2.24, 2.45) is 0 Å². The van der Waals surface area contributed by atoms with Gasteiger partial charge in [-0.3, -0.25) is 9.67 Å². The number of nitrogens with one attached hydrogen (secondary N) is 1. The van der Waals surface area contributed by atoms with Gasteiger partial charge in [-0.1, -0.05) is 0 Å². The second kappa shape index (κ2) is 6.95. The molecular formula is C17H21N9. The topological polar surface area (TPSA) is 87.9 Å². The average Bonchev–Trinajstić information content (AvgIpc) is 3.09. The van der Waals surface area contributed by atoms with E-state index in [0.717, 1.165) is 48.6 Å². The van der Waals surface area contributed by atoms with E-state index in [2.05, 4.69) is 46.0 Å². The summed E-state index contributed by atoms with van der Waals surface area (Å²) in [4.78, 5) is 21.5. The lowest BCUT2D eigenvalue weighted by Crippen LogP contribution is -2.35. The maximum Gasteiger partial charge on any atom is 0.227 e. The van der Waals surface area contributed by atoms with Crippen molar-refractivity contribution >= 4 is 17.6 Å². The van der Waals surface area contributed by atoms with Crippen LogP contribution in [0.5, 0.6) is 0 Å². The Hall–Kier alpha value is -3.23. The van der Waals surface area contributed by atoms with Gasteiger partial charge >= 0.3 is 0 Å². The zero-order chi connectivity index (χ0) is 17.9. The number of hydrogen-bond acceptors (Lipinski definition) is 8. The van der Waals surface area contributed by atoms with Crippen LogP contribution in [-0.4, -0.2) is 50.4 Å². The van der Waals surface area contributed by atoms with Gasteiger partial charge in [-0.2, -0.15) is 10.1 Å². The summed E-state index contributed by atoms with van der Waals surface area (Å²) in [6, 6.07) is 4.03. The van der Waals surface area contributed by atoms with E-state index in [4.69, 9.17) is 0 Å². The lowest BCUT2D eigenvalue weighted by Gasteiger charge is -2.28. The number of hydrogen-bond donors (Lipinski definition) is 1. The van der Waals surface area contributed by atoms with Crippen LogP contribution in [0.1, 0.15) is 11.4 Å². The molecule has 1 aliphatic heterocycles. The summed E-state index contributed by atoms with van der Waals surface area (Å²) in [5.41, 5.74) is 2.14. The number of aromatic nitrogens is 6. The van der Waals surface area contributed by atoms with Crippen LogP contribution in [0.15, 0.2) is 36.9 Å². The Kier molecular flexibility index (Phi) is 4.34. The Balaban J connectivity index is 1.45. The molecule has 0 unspecified atom stereocenters. The summed E-state index contributed by atoms with van der Waals surface area (Å²) in [6.07, 6.45) is 6.83. The Morgan fingerprint density at radius 3 is 2.88 bits per heavy atom. The van der Waals surface area contributed by atoms with Crippen molar-refractivity contribution in [3.05, 3.63) is 48.3 Å². The predicted octanol–water partition coefficient (Wildman–Crippen LogP) is 1.16. The van der Waals surface area contributed by atoms with Gasteiger partial charge in [-0.15, -0.1) is 0 Å². The van der Waals surface area contributed by atoms with Crippen molar-refractivity contribution in [3.63, 3.8) is 0 Å². The Morgan fingerprint density at radius 2 is 2.08 bits per heavy atom. The fourth-order valence-corrected chi connectivity index (χ4v) is 2.90. The van der Waals surface area contributed by atoms with E-state index >= 15 is 0 Å². The zero-order valence-electron chi connectivity index (χ0n) is 14.9. The highest BCUT2D eigenvalue weighted by atomic mass is 15.4. The van der Waals surface area contributed by atoms with Crippen LogP contribution in [0, 0.1) is 0 Å². The highest BCUT2D eigenvalue weighted by Crippen LogP contribution is 2.20. The minimum atomic E-state index is 0.616. The van der Waals surface area contributed by atoms with Gasteiger partial charge in [0.25, 0.3) is 0 Å². The molecule has 3 aromatic rings. The van der Waals surface area contributed by atoms with Crippen LogP contribution in [0.4, 0.5) is 17.6 Å². The van der Waals surface area contributed by atoms with Gasteiger partial charge in [-0.25, -0.2) is 9.97 Å². The molecule has 0 saturated carbocycles. The van der Waals surface area contributed by atoms with Gasteiger partial charge in [0.15, 0.2) is 0 Å². The molecule has 4 rings (SSSR count). The number of nitrogens with zero attached hydrogens (tertiary/aromatic N) is 8. The van der Waals surface area contributed by atoms with Gasteiger partial charge < -0.3 is 15.1 Å². The van der Waals surface area contributed by atoms with Gasteiger partial charge in [0.05, 0.1) is 37.2 Å². The molecular weight excluding hydrogens is 330 g/mol. The first-order chi connectivity index (χ1) is 12.7. The standard InChI is InChI=1S/C17H21N9/c1-24(2)16-3-4-20-17(22-16)25-7-8-26-14(12-25)9-13(23-26)10-21-15-11-18-5-6-19-15/h3-6,9,11H,7-8,10,12H2,1-2H3,(H,19,21). The highest BCUT2D eigenvalue weighted by molar-refractivity contribution is 5.43. The summed E-state index contributed by atoms with van der Waals surface area (Å²) in [5.74, 6) is 2.40. The summed E-state index contributed by atoms with van der Waals surface area (Å²) in [7, 11) is 3.96. The predicted molar refractivity (Wildman–Crippen MR) is 99.0 cm³/mol. The molecule has 3 aromatic heterocycles. The van der Waals surface area contributed by atoms with E-state index in [9.17, 15) is 0 Å². The molecule has 0 atom stereocenters. The van der Waals surface area contributed by atoms with Crippen LogP contribution in [0.2, 0.25) is 0 Å². The summed E-state index contributed by atoms with van der Waals surface area (Å²) >= 11 is 0.